The van der Waals surface area contributed by atoms with Crippen LogP contribution in [0.1, 0.15) is 132 Å². The Hall–Kier alpha value is -3.69. The van der Waals surface area contributed by atoms with Crippen LogP contribution < -0.4 is 16.0 Å². The van der Waals surface area contributed by atoms with Crippen molar-refractivity contribution in [3.63, 3.8) is 0 Å². The summed E-state index contributed by atoms with van der Waals surface area (Å²) >= 11 is 0. The summed E-state index contributed by atoms with van der Waals surface area (Å²) in [5.41, 5.74) is -9.84. The van der Waals surface area contributed by atoms with Crippen LogP contribution in [0.3, 0.4) is 0 Å². The number of rotatable bonds is 18. The summed E-state index contributed by atoms with van der Waals surface area (Å²) in [6.45, 7) is 37.1. The molecule has 484 valence electrons. The normalized spacial score (nSPS) is 25.4. The zero-order valence-corrected chi connectivity index (χ0v) is 58.7. The molecule has 4 bridgehead atoms. The third-order valence-corrected chi connectivity index (χ3v) is 35.1. The second-order valence-corrected chi connectivity index (χ2v) is 48.2. The van der Waals surface area contributed by atoms with Gasteiger partial charge in [0.05, 0.1) is 11.4 Å². The van der Waals surface area contributed by atoms with Gasteiger partial charge in [-0.1, -0.05) is 24.3 Å². The molecule has 4 aliphatic carbocycles. The van der Waals surface area contributed by atoms with Crippen molar-refractivity contribution in [2.75, 3.05) is 17.2 Å². The monoisotopic (exact) mass is 1300 g/mol. The van der Waals surface area contributed by atoms with E-state index in [1.54, 1.807) is 41.5 Å². The molecule has 0 aromatic heterocycles. The third kappa shape index (κ3) is 18.9. The van der Waals surface area contributed by atoms with E-state index in [2.05, 4.69) is 74.9 Å². The van der Waals surface area contributed by atoms with Gasteiger partial charge in [-0.05, 0) is 239 Å². The molecule has 2 aromatic rings. The van der Waals surface area contributed by atoms with Gasteiger partial charge in [-0.3, -0.25) is 10.6 Å². The zero-order valence-electron chi connectivity index (χ0n) is 53.5. The lowest BCUT2D eigenvalue weighted by atomic mass is 9.73. The second-order valence-electron chi connectivity index (χ2n) is 29.6. The minimum atomic E-state index is -5.04. The molecular formula is C58H97F6N3O13Si5. The number of aromatic hydroxyl groups is 2. The average molecular weight is 1300 g/mol. The summed E-state index contributed by atoms with van der Waals surface area (Å²) in [6.07, 6.45) is -7.07. The van der Waals surface area contributed by atoms with E-state index in [9.17, 15) is 56.0 Å². The molecule has 27 heteroatoms. The number of alkyl halides is 6. The summed E-state index contributed by atoms with van der Waals surface area (Å²) in [5, 5.41) is 38.6. The van der Waals surface area contributed by atoms with Gasteiger partial charge >= 0.3 is 47.8 Å². The molecule has 4 saturated carbocycles. The number of nitrogens with one attached hydrogen (secondary N) is 3. The summed E-state index contributed by atoms with van der Waals surface area (Å²) in [6, 6.07) is 6.71. The number of benzene rings is 2. The quantitative estimate of drug-likeness (QED) is 0.0355. The van der Waals surface area contributed by atoms with Gasteiger partial charge in [-0.25, -0.2) is 14.4 Å². The largest absolute Gasteiger partial charge is 0.506 e. The minimum absolute atomic E-state index is 0.115. The lowest BCUT2D eigenvalue weighted by molar-refractivity contribution is -0.259. The van der Waals surface area contributed by atoms with E-state index in [0.29, 0.717) is 36.3 Å². The number of aliphatic hydroxyl groups is 1. The Morgan fingerprint density at radius 3 is 1.32 bits per heavy atom. The van der Waals surface area contributed by atoms with E-state index >= 15 is 0 Å². The van der Waals surface area contributed by atoms with Crippen molar-refractivity contribution in [3.8, 4) is 11.5 Å². The van der Waals surface area contributed by atoms with Gasteiger partial charge in [0.2, 0.25) is 0 Å². The molecule has 85 heavy (non-hydrogen) atoms. The molecule has 0 radical (unpaired) electrons. The van der Waals surface area contributed by atoms with E-state index in [0.717, 1.165) is 70.2 Å². The van der Waals surface area contributed by atoms with Gasteiger partial charge in [-0.15, -0.1) is 0 Å². The SMILES string of the molecule is CC(C)(C)OC(=O)Nc1c(O)cccc1C(C)(c1cccc(O)c1NC(=O)OC(C)(C)C)C(F)(F)F.C[SiH](O[Si](C)(C)C)O[Si](C)(O[Si](C)(O[Si](C)(C)C)C1CC2CC1CC2CNC(=O)OC(C)(C)C)C1CC2CC1CC2CC(C)(O)C(F)(F)F. The fourth-order valence-electron chi connectivity index (χ4n) is 13.4. The maximum absolute atomic E-state index is 14.9. The first-order valence-corrected chi connectivity index (χ1v) is 43.2. The molecule has 0 heterocycles. The van der Waals surface area contributed by atoms with E-state index in [1.165, 1.54) is 12.1 Å². The van der Waals surface area contributed by atoms with Crippen molar-refractivity contribution in [1.82, 2.24) is 5.32 Å². The smallest absolute Gasteiger partial charge is 0.416 e. The highest BCUT2D eigenvalue weighted by atomic mass is 28.5. The maximum Gasteiger partial charge on any atom is 0.416 e. The van der Waals surface area contributed by atoms with E-state index < -0.39 is 129 Å². The maximum atomic E-state index is 14.9. The average Bonchev–Trinajstić information content (AvgIpc) is 1.76. The number of carbonyl (C=O) groups excluding carboxylic acids is 3. The Morgan fingerprint density at radius 1 is 0.541 bits per heavy atom. The molecule has 3 amide bonds. The first-order chi connectivity index (χ1) is 38.3. The van der Waals surface area contributed by atoms with Gasteiger partial charge in [0.1, 0.15) is 33.7 Å². The highest BCUT2D eigenvalue weighted by Gasteiger charge is 2.64. The van der Waals surface area contributed by atoms with Gasteiger partial charge in [0.15, 0.2) is 22.2 Å². The first-order valence-electron chi connectivity index (χ1n) is 29.5. The van der Waals surface area contributed by atoms with E-state index in [1.807, 2.05) is 20.8 Å². The molecule has 4 aliphatic rings. The molecule has 0 aliphatic heterocycles. The second kappa shape index (κ2) is 25.7. The molecule has 12 atom stereocenters. The Balaban J connectivity index is 0.000000326. The summed E-state index contributed by atoms with van der Waals surface area (Å²) < 4.78 is 130. The van der Waals surface area contributed by atoms with Crippen molar-refractivity contribution in [1.29, 1.82) is 0 Å². The van der Waals surface area contributed by atoms with Crippen LogP contribution in [0.25, 0.3) is 0 Å². The summed E-state index contributed by atoms with van der Waals surface area (Å²) in [4.78, 5) is 37.2. The third-order valence-electron chi connectivity index (χ3n) is 16.3. The van der Waals surface area contributed by atoms with Crippen LogP contribution in [-0.4, -0.2) is 118 Å². The first kappa shape index (κ1) is 72.1. The number of halogens is 6. The number of alkyl carbamates (subject to hydrolysis) is 1. The Morgan fingerprint density at radius 2 is 0.953 bits per heavy atom. The Labute approximate surface area is 505 Å². The van der Waals surface area contributed by atoms with Crippen molar-refractivity contribution < 1.29 is 86.7 Å². The molecule has 12 unspecified atom stereocenters. The number of phenolic OH excluding ortho intramolecular Hbond substituents is 2. The number of hydrogen-bond acceptors (Lipinski definition) is 13. The van der Waals surface area contributed by atoms with Gasteiger partial charge in [0, 0.05) is 17.6 Å². The summed E-state index contributed by atoms with van der Waals surface area (Å²) in [5.74, 6) is 0.194. The number of carbonyl (C=O) groups is 3. The Kier molecular flexibility index (Phi) is 21.8. The van der Waals surface area contributed by atoms with Crippen molar-refractivity contribution >= 4 is 72.7 Å². The number of para-hydroxylation sites is 2. The number of hydrogen-bond donors (Lipinski definition) is 6. The molecule has 0 spiro atoms. The van der Waals surface area contributed by atoms with Crippen LogP contribution in [0.5, 0.6) is 11.5 Å². The number of ether oxygens (including phenoxy) is 3. The number of amides is 3. The topological polar surface area (TPSA) is 213 Å². The molecule has 0 saturated heterocycles. The predicted octanol–water partition coefficient (Wildman–Crippen LogP) is 15.4. The molecule has 4 fully saturated rings. The number of anilines is 2. The zero-order chi connectivity index (χ0) is 64.9. The lowest BCUT2D eigenvalue weighted by Gasteiger charge is -2.50. The van der Waals surface area contributed by atoms with Crippen LogP contribution >= 0.6 is 0 Å². The van der Waals surface area contributed by atoms with Crippen molar-refractivity contribution in [2.24, 2.45) is 35.5 Å². The standard InChI is InChI=1S/C33H66F3NO7Si5.C25H31F3N2O6/c1-31(2,3)40-30(38)37-21-27-17-25-15-23(27)19-29(25)49(13,43-47(9,10)11)44-48(12,42-45(5)41-46(6,7)8)28-18-22-14-24(28)16-26(22)20-32(4,39)33(34,35)36;1-22(2,3)35-20(33)29-18-14(10-8-12-16(18)31)24(7,25(26,27)28)15-11-9-13-17(32)19(15)30-21(34)36-23(4,5)6/h22-29,39,45H,14-21H2,1-13H3,(H,37,38);8-13,31-32H,1-7H3,(H,29,33)(H,30,34). The van der Waals surface area contributed by atoms with E-state index in [4.69, 9.17) is 30.7 Å². The Bertz CT molecular complexity index is 2600. The predicted molar refractivity (Wildman–Crippen MR) is 327 cm³/mol. The molecule has 6 rings (SSSR count). The molecular weight excluding hydrogens is 1200 g/mol. The van der Waals surface area contributed by atoms with Crippen LogP contribution in [-0.2, 0) is 36.1 Å². The van der Waals surface area contributed by atoms with Crippen LogP contribution in [0.15, 0.2) is 36.4 Å². The summed E-state index contributed by atoms with van der Waals surface area (Å²) in [7, 11) is -11.9. The van der Waals surface area contributed by atoms with Gasteiger partial charge < -0.3 is 51.3 Å². The highest BCUT2D eigenvalue weighted by Crippen LogP contribution is 2.63. The van der Waals surface area contributed by atoms with Crippen LogP contribution in [0, 0.1) is 35.5 Å². The fourth-order valence-corrected chi connectivity index (χ4v) is 36.1. The minimum Gasteiger partial charge on any atom is -0.506 e. The van der Waals surface area contributed by atoms with Gasteiger partial charge in [-0.2, -0.15) is 26.3 Å². The molecule has 16 nitrogen and oxygen atoms in total. The highest BCUT2D eigenvalue weighted by molar-refractivity contribution is 6.89. The molecule has 6 N–H and O–H groups in total. The molecule has 2 aromatic carbocycles. The van der Waals surface area contributed by atoms with E-state index in [-0.39, 0.29) is 35.8 Å². The van der Waals surface area contributed by atoms with Gasteiger partial charge in [0.25, 0.3) is 9.28 Å². The lowest BCUT2D eigenvalue weighted by Crippen LogP contribution is -2.62. The van der Waals surface area contributed by atoms with Crippen molar-refractivity contribution in [2.45, 2.75) is 231 Å². The fraction of sp³-hybridized carbons (Fsp3) is 0.741. The number of phenols is 2. The number of fused-ring (bicyclic) bond motifs is 4. The van der Waals surface area contributed by atoms with Crippen molar-refractivity contribution in [3.05, 3.63) is 47.5 Å². The van der Waals surface area contributed by atoms with Crippen LogP contribution in [0.4, 0.5) is 52.1 Å². The van der Waals surface area contributed by atoms with Crippen LogP contribution in [0.2, 0.25) is 70.0 Å².